The van der Waals surface area contributed by atoms with Crippen LogP contribution in [-0.2, 0) is 0 Å². The molecule has 4 rings (SSSR count). The molecule has 1 aliphatic heterocycles. The molecular formula is C19H19ClN4. The van der Waals surface area contributed by atoms with E-state index in [2.05, 4.69) is 59.6 Å². The van der Waals surface area contributed by atoms with Crippen LogP contribution in [-0.4, -0.2) is 14.8 Å². The van der Waals surface area contributed by atoms with Crippen molar-refractivity contribution in [3.63, 3.8) is 0 Å². The van der Waals surface area contributed by atoms with Crippen molar-refractivity contribution >= 4 is 17.5 Å². The molecule has 2 atom stereocenters. The van der Waals surface area contributed by atoms with Crippen LogP contribution in [0.15, 0.2) is 48.8 Å². The van der Waals surface area contributed by atoms with Crippen LogP contribution in [0, 0.1) is 13.8 Å². The topological polar surface area (TPSA) is 42.7 Å². The zero-order valence-electron chi connectivity index (χ0n) is 13.7. The van der Waals surface area contributed by atoms with Crippen LogP contribution in [0.5, 0.6) is 0 Å². The summed E-state index contributed by atoms with van der Waals surface area (Å²) in [7, 11) is 0. The Kier molecular flexibility index (Phi) is 3.77. The van der Waals surface area contributed by atoms with Crippen molar-refractivity contribution in [2.24, 2.45) is 0 Å². The average molecular weight is 339 g/mol. The Hall–Kier alpha value is -2.33. The van der Waals surface area contributed by atoms with E-state index >= 15 is 0 Å². The SMILES string of the molecule is Cc1ccc(C2CC(c3ccc(Cl)cc3)n3ncnc3N2)cc1C. The molecule has 5 heteroatoms. The summed E-state index contributed by atoms with van der Waals surface area (Å²) in [5, 5.41) is 8.67. The number of halogens is 1. The first-order chi connectivity index (χ1) is 11.6. The third-order valence-corrected chi connectivity index (χ3v) is 5.07. The molecule has 0 fully saturated rings. The normalized spacial score (nSPS) is 19.6. The van der Waals surface area contributed by atoms with E-state index in [0.29, 0.717) is 0 Å². The number of aryl methyl sites for hydroxylation is 2. The molecule has 0 aliphatic carbocycles. The number of anilines is 1. The second-order valence-electron chi connectivity index (χ2n) is 6.37. The maximum Gasteiger partial charge on any atom is 0.222 e. The van der Waals surface area contributed by atoms with Gasteiger partial charge in [-0.1, -0.05) is 41.9 Å². The predicted octanol–water partition coefficient (Wildman–Crippen LogP) is 4.69. The first-order valence-electron chi connectivity index (χ1n) is 8.10. The summed E-state index contributed by atoms with van der Waals surface area (Å²) in [5.74, 6) is 0.810. The molecule has 1 aliphatic rings. The van der Waals surface area contributed by atoms with Crippen LogP contribution in [0.1, 0.15) is 40.8 Å². The summed E-state index contributed by atoms with van der Waals surface area (Å²) in [6.45, 7) is 4.29. The molecule has 122 valence electrons. The molecule has 24 heavy (non-hydrogen) atoms. The molecule has 0 bridgehead atoms. The summed E-state index contributed by atoms with van der Waals surface area (Å²) >= 11 is 6.04. The third kappa shape index (κ3) is 2.67. The number of hydrogen-bond donors (Lipinski definition) is 1. The molecule has 2 aromatic carbocycles. The number of nitrogens with zero attached hydrogens (tertiary/aromatic N) is 3. The molecule has 2 heterocycles. The van der Waals surface area contributed by atoms with Gasteiger partial charge in [-0.05, 0) is 54.7 Å². The van der Waals surface area contributed by atoms with Crippen LogP contribution >= 0.6 is 11.6 Å². The van der Waals surface area contributed by atoms with E-state index < -0.39 is 0 Å². The van der Waals surface area contributed by atoms with E-state index in [1.54, 1.807) is 6.33 Å². The minimum absolute atomic E-state index is 0.146. The summed E-state index contributed by atoms with van der Waals surface area (Å²) < 4.78 is 1.96. The van der Waals surface area contributed by atoms with E-state index in [9.17, 15) is 0 Å². The fourth-order valence-electron chi connectivity index (χ4n) is 3.28. The molecule has 0 saturated heterocycles. The lowest BCUT2D eigenvalue weighted by Gasteiger charge is -2.32. The van der Waals surface area contributed by atoms with Gasteiger partial charge in [-0.15, -0.1) is 0 Å². The van der Waals surface area contributed by atoms with Gasteiger partial charge in [0.15, 0.2) is 0 Å². The van der Waals surface area contributed by atoms with E-state index in [1.165, 1.54) is 22.3 Å². The number of rotatable bonds is 2. The predicted molar refractivity (Wildman–Crippen MR) is 96.5 cm³/mol. The first kappa shape index (κ1) is 15.2. The molecule has 0 radical (unpaired) electrons. The van der Waals surface area contributed by atoms with Crippen molar-refractivity contribution in [2.45, 2.75) is 32.4 Å². The summed E-state index contributed by atoms with van der Waals surface area (Å²) in [6.07, 6.45) is 2.52. The Morgan fingerprint density at radius 3 is 2.54 bits per heavy atom. The van der Waals surface area contributed by atoms with Gasteiger partial charge in [-0.3, -0.25) is 0 Å². The molecule has 4 nitrogen and oxygen atoms in total. The van der Waals surface area contributed by atoms with Crippen LogP contribution in [0.25, 0.3) is 0 Å². The number of fused-ring (bicyclic) bond motifs is 1. The van der Waals surface area contributed by atoms with Gasteiger partial charge < -0.3 is 5.32 Å². The number of nitrogens with one attached hydrogen (secondary N) is 1. The van der Waals surface area contributed by atoms with Gasteiger partial charge >= 0.3 is 0 Å². The summed E-state index contributed by atoms with van der Waals surface area (Å²) in [5.41, 5.74) is 5.10. The minimum Gasteiger partial charge on any atom is -0.348 e. The first-order valence-corrected chi connectivity index (χ1v) is 8.48. The van der Waals surface area contributed by atoms with E-state index in [4.69, 9.17) is 11.6 Å². The average Bonchev–Trinajstić information content (AvgIpc) is 3.06. The van der Waals surface area contributed by atoms with Crippen molar-refractivity contribution in [1.29, 1.82) is 0 Å². The Labute approximate surface area is 146 Å². The van der Waals surface area contributed by atoms with Gasteiger partial charge in [-0.2, -0.15) is 10.1 Å². The molecule has 2 unspecified atom stereocenters. The maximum atomic E-state index is 6.04. The van der Waals surface area contributed by atoms with Crippen molar-refractivity contribution in [1.82, 2.24) is 14.8 Å². The molecule has 1 N–H and O–H groups in total. The van der Waals surface area contributed by atoms with E-state index in [1.807, 2.05) is 16.8 Å². The van der Waals surface area contributed by atoms with Crippen LogP contribution in [0.2, 0.25) is 5.02 Å². The molecule has 3 aromatic rings. The Morgan fingerprint density at radius 2 is 1.79 bits per heavy atom. The van der Waals surface area contributed by atoms with Crippen molar-refractivity contribution in [3.05, 3.63) is 76.1 Å². The highest BCUT2D eigenvalue weighted by Crippen LogP contribution is 2.37. The minimum atomic E-state index is 0.146. The monoisotopic (exact) mass is 338 g/mol. The zero-order chi connectivity index (χ0) is 16.7. The second kappa shape index (κ2) is 5.95. The van der Waals surface area contributed by atoms with Gasteiger partial charge in [0.2, 0.25) is 5.95 Å². The smallest absolute Gasteiger partial charge is 0.222 e. The second-order valence-corrected chi connectivity index (χ2v) is 6.81. The van der Waals surface area contributed by atoms with Gasteiger partial charge in [0.25, 0.3) is 0 Å². The Bertz CT molecular complexity index is 869. The molecule has 0 amide bonds. The Morgan fingerprint density at radius 1 is 1.04 bits per heavy atom. The zero-order valence-corrected chi connectivity index (χ0v) is 14.5. The third-order valence-electron chi connectivity index (χ3n) is 4.82. The van der Waals surface area contributed by atoms with Crippen molar-refractivity contribution in [2.75, 3.05) is 5.32 Å². The van der Waals surface area contributed by atoms with Crippen LogP contribution in [0.3, 0.4) is 0 Å². The lowest BCUT2D eigenvalue weighted by molar-refractivity contribution is 0.431. The van der Waals surface area contributed by atoms with Crippen LogP contribution < -0.4 is 5.32 Å². The lowest BCUT2D eigenvalue weighted by atomic mass is 9.92. The van der Waals surface area contributed by atoms with Gasteiger partial charge in [0.05, 0.1) is 12.1 Å². The number of aromatic nitrogens is 3. The van der Waals surface area contributed by atoms with Gasteiger partial charge in [0, 0.05) is 5.02 Å². The van der Waals surface area contributed by atoms with Gasteiger partial charge in [0.1, 0.15) is 6.33 Å². The highest BCUT2D eigenvalue weighted by atomic mass is 35.5. The fourth-order valence-corrected chi connectivity index (χ4v) is 3.41. The number of benzene rings is 2. The highest BCUT2D eigenvalue weighted by molar-refractivity contribution is 6.30. The van der Waals surface area contributed by atoms with E-state index in [-0.39, 0.29) is 12.1 Å². The molecule has 0 saturated carbocycles. The largest absolute Gasteiger partial charge is 0.348 e. The van der Waals surface area contributed by atoms with Crippen LogP contribution in [0.4, 0.5) is 5.95 Å². The molecule has 0 spiro atoms. The van der Waals surface area contributed by atoms with Crippen molar-refractivity contribution in [3.8, 4) is 0 Å². The fraction of sp³-hybridized carbons (Fsp3) is 0.263. The molecular weight excluding hydrogens is 320 g/mol. The Balaban J connectivity index is 1.72. The summed E-state index contributed by atoms with van der Waals surface area (Å²) in [4.78, 5) is 4.38. The highest BCUT2D eigenvalue weighted by Gasteiger charge is 2.29. The van der Waals surface area contributed by atoms with Crippen molar-refractivity contribution < 1.29 is 0 Å². The molecule has 1 aromatic heterocycles. The quantitative estimate of drug-likeness (QED) is 0.736. The summed E-state index contributed by atoms with van der Waals surface area (Å²) in [6, 6.07) is 15.0. The van der Waals surface area contributed by atoms with Gasteiger partial charge in [-0.25, -0.2) is 4.68 Å². The number of hydrogen-bond acceptors (Lipinski definition) is 3. The maximum absolute atomic E-state index is 6.04. The van der Waals surface area contributed by atoms with E-state index in [0.717, 1.165) is 17.4 Å². The standard InChI is InChI=1S/C19H19ClN4/c1-12-3-4-15(9-13(12)2)17-10-18(14-5-7-16(20)8-6-14)24-19(23-17)21-11-22-24/h3-9,11,17-18H,10H2,1-2H3,(H,21,22,23). The lowest BCUT2D eigenvalue weighted by Crippen LogP contribution is -2.28.